The molecule has 2 aromatic rings. The topological polar surface area (TPSA) is 64.2 Å². The van der Waals surface area contributed by atoms with Crippen LogP contribution in [0.4, 0.5) is 13.2 Å². The maximum absolute atomic E-state index is 13.4. The van der Waals surface area contributed by atoms with Crippen LogP contribution in [0.15, 0.2) is 4.52 Å². The highest BCUT2D eigenvalue weighted by molar-refractivity contribution is 5.77. The lowest BCUT2D eigenvalue weighted by Crippen LogP contribution is -2.34. The molecule has 1 aliphatic carbocycles. The fraction of sp³-hybridized carbons (Fsp3) is 0.632. The van der Waals surface area contributed by atoms with Crippen molar-refractivity contribution >= 4 is 5.91 Å². The van der Waals surface area contributed by atoms with Gasteiger partial charge in [0.25, 0.3) is 0 Å². The van der Waals surface area contributed by atoms with Crippen LogP contribution in [-0.2, 0) is 30.4 Å². The van der Waals surface area contributed by atoms with Gasteiger partial charge in [-0.2, -0.15) is 18.3 Å². The fourth-order valence-corrected chi connectivity index (χ4v) is 4.58. The third kappa shape index (κ3) is 3.20. The highest BCUT2D eigenvalue weighted by Gasteiger charge is 2.40. The van der Waals surface area contributed by atoms with Gasteiger partial charge in [-0.15, -0.1) is 0 Å². The number of aromatic nitrogens is 3. The maximum atomic E-state index is 13.4. The van der Waals surface area contributed by atoms with E-state index >= 15 is 0 Å². The zero-order chi connectivity index (χ0) is 20.1. The Morgan fingerprint density at radius 1 is 1.21 bits per heavy atom. The molecule has 28 heavy (non-hydrogen) atoms. The Kier molecular flexibility index (Phi) is 4.71. The summed E-state index contributed by atoms with van der Waals surface area (Å²) in [7, 11) is 0. The molecular weight excluding hydrogens is 373 g/mol. The first-order valence-corrected chi connectivity index (χ1v) is 9.65. The molecule has 6 nitrogen and oxygen atoms in total. The van der Waals surface area contributed by atoms with Crippen molar-refractivity contribution in [3.8, 4) is 0 Å². The number of rotatable bonds is 3. The van der Waals surface area contributed by atoms with Crippen LogP contribution in [0.5, 0.6) is 0 Å². The van der Waals surface area contributed by atoms with Gasteiger partial charge in [-0.25, -0.2) is 0 Å². The first kappa shape index (κ1) is 19.0. The minimum absolute atomic E-state index is 0.146. The Morgan fingerprint density at radius 3 is 2.64 bits per heavy atom. The second-order valence-electron chi connectivity index (χ2n) is 7.62. The predicted molar refractivity (Wildman–Crippen MR) is 93.5 cm³/mol. The molecule has 3 heterocycles. The molecule has 1 atom stereocenters. The van der Waals surface area contributed by atoms with Crippen molar-refractivity contribution in [3.05, 3.63) is 34.0 Å². The van der Waals surface area contributed by atoms with E-state index in [4.69, 9.17) is 4.52 Å². The summed E-state index contributed by atoms with van der Waals surface area (Å²) in [6.45, 7) is 4.06. The molecule has 1 aliphatic heterocycles. The molecule has 1 saturated heterocycles. The standard InChI is InChI=1S/C19H23F3N4O2/c1-11-17(12(2)28-24-11)15-8-5-9-25(15)16(27)10-26-14-7-4-3-6-13(14)18(23-26)19(20,21)22/h15H,3-10H2,1-2H3. The molecule has 4 rings (SSSR count). The smallest absolute Gasteiger partial charge is 0.361 e. The van der Waals surface area contributed by atoms with Gasteiger partial charge >= 0.3 is 6.18 Å². The van der Waals surface area contributed by atoms with Gasteiger partial charge in [0.1, 0.15) is 12.3 Å². The first-order chi connectivity index (χ1) is 13.3. The molecule has 1 amide bonds. The van der Waals surface area contributed by atoms with Crippen molar-refractivity contribution in [2.75, 3.05) is 6.54 Å². The molecular formula is C19H23F3N4O2. The SMILES string of the molecule is Cc1noc(C)c1C1CCCN1C(=O)Cn1nc(C(F)(F)F)c2c1CCCC2. The summed E-state index contributed by atoms with van der Waals surface area (Å²) in [4.78, 5) is 14.8. The number of nitrogens with zero attached hydrogens (tertiary/aromatic N) is 4. The monoisotopic (exact) mass is 396 g/mol. The van der Waals surface area contributed by atoms with Crippen LogP contribution in [0, 0.1) is 13.8 Å². The van der Waals surface area contributed by atoms with Gasteiger partial charge in [0, 0.05) is 23.4 Å². The van der Waals surface area contributed by atoms with Gasteiger partial charge in [-0.05, 0) is 52.4 Å². The summed E-state index contributed by atoms with van der Waals surface area (Å²) in [5, 5.41) is 7.78. The number of fused-ring (bicyclic) bond motifs is 1. The van der Waals surface area contributed by atoms with E-state index in [0.717, 1.165) is 36.9 Å². The van der Waals surface area contributed by atoms with Crippen LogP contribution in [0.25, 0.3) is 0 Å². The van der Waals surface area contributed by atoms with Gasteiger partial charge in [-0.3, -0.25) is 9.48 Å². The Hall–Kier alpha value is -2.32. The van der Waals surface area contributed by atoms with Crippen molar-refractivity contribution in [3.63, 3.8) is 0 Å². The van der Waals surface area contributed by atoms with Crippen LogP contribution in [0.2, 0.25) is 0 Å². The molecule has 9 heteroatoms. The van der Waals surface area contributed by atoms with Crippen LogP contribution >= 0.6 is 0 Å². The lowest BCUT2D eigenvalue weighted by molar-refractivity contribution is -0.142. The second kappa shape index (κ2) is 6.93. The van der Waals surface area contributed by atoms with Gasteiger partial charge < -0.3 is 9.42 Å². The number of hydrogen-bond acceptors (Lipinski definition) is 4. The Labute approximate surface area is 160 Å². The van der Waals surface area contributed by atoms with Crippen LogP contribution in [-0.4, -0.2) is 32.3 Å². The van der Waals surface area contributed by atoms with E-state index in [0.29, 0.717) is 30.8 Å². The van der Waals surface area contributed by atoms with Gasteiger partial charge in [0.2, 0.25) is 5.91 Å². The van der Waals surface area contributed by atoms with E-state index in [2.05, 4.69) is 10.3 Å². The normalized spacial score (nSPS) is 19.9. The fourth-order valence-electron chi connectivity index (χ4n) is 4.58. The van der Waals surface area contributed by atoms with Crippen molar-refractivity contribution in [2.45, 2.75) is 71.1 Å². The van der Waals surface area contributed by atoms with Crippen molar-refractivity contribution in [2.24, 2.45) is 0 Å². The molecule has 152 valence electrons. The van der Waals surface area contributed by atoms with E-state index in [9.17, 15) is 18.0 Å². The van der Waals surface area contributed by atoms with E-state index < -0.39 is 11.9 Å². The highest BCUT2D eigenvalue weighted by atomic mass is 19.4. The molecule has 0 saturated carbocycles. The van der Waals surface area contributed by atoms with Gasteiger partial charge in [-0.1, -0.05) is 5.16 Å². The molecule has 1 unspecified atom stereocenters. The summed E-state index contributed by atoms with van der Waals surface area (Å²) < 4.78 is 46.6. The molecule has 0 spiro atoms. The van der Waals surface area contributed by atoms with Crippen molar-refractivity contribution in [1.82, 2.24) is 19.8 Å². The van der Waals surface area contributed by atoms with Crippen LogP contribution < -0.4 is 0 Å². The van der Waals surface area contributed by atoms with Crippen LogP contribution in [0.1, 0.15) is 65.7 Å². The Bertz CT molecular complexity index is 880. The average Bonchev–Trinajstić information content (AvgIpc) is 3.32. The summed E-state index contributed by atoms with van der Waals surface area (Å²) in [6, 6.07) is -0.146. The number of amides is 1. The lowest BCUT2D eigenvalue weighted by Gasteiger charge is -2.25. The largest absolute Gasteiger partial charge is 0.435 e. The number of hydrogen-bond donors (Lipinski definition) is 0. The number of carbonyl (C=O) groups is 1. The maximum Gasteiger partial charge on any atom is 0.435 e. The second-order valence-corrected chi connectivity index (χ2v) is 7.62. The van der Waals surface area contributed by atoms with E-state index in [1.54, 1.807) is 4.90 Å². The Balaban J connectivity index is 1.61. The number of carbonyl (C=O) groups excluding carboxylic acids is 1. The number of aryl methyl sites for hydroxylation is 2. The molecule has 0 radical (unpaired) electrons. The van der Waals surface area contributed by atoms with Crippen LogP contribution in [0.3, 0.4) is 0 Å². The number of halogens is 3. The number of likely N-dealkylation sites (tertiary alicyclic amines) is 1. The van der Waals surface area contributed by atoms with E-state index in [1.165, 1.54) is 4.68 Å². The molecule has 2 aliphatic rings. The minimum Gasteiger partial charge on any atom is -0.361 e. The van der Waals surface area contributed by atoms with Crippen molar-refractivity contribution < 1.29 is 22.5 Å². The molecule has 0 aromatic carbocycles. The Morgan fingerprint density at radius 2 is 1.96 bits per heavy atom. The zero-order valence-corrected chi connectivity index (χ0v) is 16.0. The minimum atomic E-state index is -4.50. The molecule has 2 aromatic heterocycles. The molecule has 0 bridgehead atoms. The third-order valence-electron chi connectivity index (χ3n) is 5.81. The lowest BCUT2D eigenvalue weighted by atomic mass is 9.95. The first-order valence-electron chi connectivity index (χ1n) is 9.65. The quantitative estimate of drug-likeness (QED) is 0.793. The van der Waals surface area contributed by atoms with E-state index in [1.807, 2.05) is 13.8 Å². The summed E-state index contributed by atoms with van der Waals surface area (Å²) >= 11 is 0. The zero-order valence-electron chi connectivity index (χ0n) is 16.0. The average molecular weight is 396 g/mol. The summed E-state index contributed by atoms with van der Waals surface area (Å²) in [5.74, 6) is 0.463. The van der Waals surface area contributed by atoms with Gasteiger partial charge in [0.05, 0.1) is 11.7 Å². The predicted octanol–water partition coefficient (Wildman–Crippen LogP) is 3.75. The summed E-state index contributed by atoms with van der Waals surface area (Å²) in [6.07, 6.45) is -0.442. The molecule has 0 N–H and O–H groups in total. The highest BCUT2D eigenvalue weighted by Crippen LogP contribution is 2.37. The molecule has 1 fully saturated rings. The summed E-state index contributed by atoms with van der Waals surface area (Å²) in [5.41, 5.74) is 1.64. The number of alkyl halides is 3. The van der Waals surface area contributed by atoms with E-state index in [-0.39, 0.29) is 24.1 Å². The third-order valence-corrected chi connectivity index (χ3v) is 5.81. The van der Waals surface area contributed by atoms with Crippen molar-refractivity contribution in [1.29, 1.82) is 0 Å². The van der Waals surface area contributed by atoms with Gasteiger partial charge in [0.15, 0.2) is 5.69 Å².